The van der Waals surface area contributed by atoms with E-state index in [1.165, 1.54) is 12.0 Å². The van der Waals surface area contributed by atoms with Crippen LogP contribution in [0.25, 0.3) is 0 Å². The Morgan fingerprint density at radius 3 is 2.85 bits per heavy atom. The Hall–Kier alpha value is -2.86. The first-order valence-electron chi connectivity index (χ1n) is 9.36. The average Bonchev–Trinajstić information content (AvgIpc) is 3.12. The fourth-order valence-corrected chi connectivity index (χ4v) is 3.64. The van der Waals surface area contributed by atoms with Crippen LogP contribution in [-0.4, -0.2) is 31.4 Å². The lowest BCUT2D eigenvalue weighted by Crippen LogP contribution is -2.24. The van der Waals surface area contributed by atoms with Crippen LogP contribution < -0.4 is 5.32 Å². The molecule has 3 aromatic rings. The molecule has 3 aromatic heterocycles. The summed E-state index contributed by atoms with van der Waals surface area (Å²) in [6, 6.07) is 10.5. The maximum Gasteiger partial charge on any atom is 0.135 e. The molecule has 4 rings (SSSR count). The van der Waals surface area contributed by atoms with Crippen LogP contribution in [0, 0.1) is 13.8 Å². The van der Waals surface area contributed by atoms with Crippen LogP contribution in [0.15, 0.2) is 48.9 Å². The first-order valence-corrected chi connectivity index (χ1v) is 9.36. The predicted molar refractivity (Wildman–Crippen MR) is 106 cm³/mol. The van der Waals surface area contributed by atoms with Crippen molar-refractivity contribution in [3.8, 4) is 0 Å². The van der Waals surface area contributed by atoms with Crippen LogP contribution in [0.1, 0.15) is 41.5 Å². The minimum Gasteiger partial charge on any atom is -0.325 e. The SMILES string of the molecule is Cc1nc(Nc2ncccc2C)cc([C@@H]2CCCN2Cc2cccnc2)n1. The predicted octanol–water partition coefficient (Wildman–Crippen LogP) is 3.96. The van der Waals surface area contributed by atoms with Crippen molar-refractivity contribution in [2.75, 3.05) is 11.9 Å². The molecule has 4 heterocycles. The molecule has 0 aliphatic carbocycles. The lowest BCUT2D eigenvalue weighted by molar-refractivity contribution is 0.244. The average molecular weight is 360 g/mol. The fourth-order valence-electron chi connectivity index (χ4n) is 3.64. The van der Waals surface area contributed by atoms with Gasteiger partial charge in [-0.2, -0.15) is 0 Å². The smallest absolute Gasteiger partial charge is 0.135 e. The normalized spacial score (nSPS) is 17.2. The summed E-state index contributed by atoms with van der Waals surface area (Å²) in [5.41, 5.74) is 3.40. The Labute approximate surface area is 159 Å². The van der Waals surface area contributed by atoms with Crippen LogP contribution in [0.3, 0.4) is 0 Å². The number of likely N-dealkylation sites (tertiary alicyclic amines) is 1. The molecule has 138 valence electrons. The van der Waals surface area contributed by atoms with Gasteiger partial charge in [0.2, 0.25) is 0 Å². The van der Waals surface area contributed by atoms with Gasteiger partial charge in [0.15, 0.2) is 0 Å². The van der Waals surface area contributed by atoms with Gasteiger partial charge in [0, 0.05) is 31.2 Å². The van der Waals surface area contributed by atoms with Gasteiger partial charge in [0.25, 0.3) is 0 Å². The van der Waals surface area contributed by atoms with Crippen molar-refractivity contribution in [3.05, 3.63) is 71.6 Å². The number of nitrogens with zero attached hydrogens (tertiary/aromatic N) is 5. The number of hydrogen-bond donors (Lipinski definition) is 1. The standard InChI is InChI=1S/C21H24N6/c1-15-6-3-10-23-21(15)26-20-12-18(24-16(2)25-20)19-8-5-11-27(19)14-17-7-4-9-22-13-17/h3-4,6-7,9-10,12-13,19H,5,8,11,14H2,1-2H3,(H,23,24,25,26)/t19-/m0/s1. The summed E-state index contributed by atoms with van der Waals surface area (Å²) in [5.74, 6) is 2.41. The van der Waals surface area contributed by atoms with Gasteiger partial charge < -0.3 is 5.32 Å². The number of rotatable bonds is 5. The molecule has 6 heteroatoms. The van der Waals surface area contributed by atoms with Crippen molar-refractivity contribution < 1.29 is 0 Å². The van der Waals surface area contributed by atoms with Crippen molar-refractivity contribution in [2.45, 2.75) is 39.3 Å². The maximum absolute atomic E-state index is 4.74. The molecule has 0 aromatic carbocycles. The molecule has 0 spiro atoms. The van der Waals surface area contributed by atoms with E-state index in [0.29, 0.717) is 6.04 Å². The van der Waals surface area contributed by atoms with E-state index in [-0.39, 0.29) is 0 Å². The number of aromatic nitrogens is 4. The highest BCUT2D eigenvalue weighted by Crippen LogP contribution is 2.33. The van der Waals surface area contributed by atoms with Gasteiger partial charge in [0.1, 0.15) is 17.5 Å². The highest BCUT2D eigenvalue weighted by Gasteiger charge is 2.27. The number of pyridine rings is 2. The zero-order chi connectivity index (χ0) is 18.6. The Morgan fingerprint density at radius 1 is 1.15 bits per heavy atom. The zero-order valence-electron chi connectivity index (χ0n) is 15.8. The molecule has 0 amide bonds. The zero-order valence-corrected chi connectivity index (χ0v) is 15.8. The van der Waals surface area contributed by atoms with Gasteiger partial charge in [-0.25, -0.2) is 15.0 Å². The Kier molecular flexibility index (Phi) is 5.07. The van der Waals surface area contributed by atoms with Gasteiger partial charge in [-0.3, -0.25) is 9.88 Å². The Bertz CT molecular complexity index is 912. The molecule has 0 saturated carbocycles. The first-order chi connectivity index (χ1) is 13.2. The van der Waals surface area contributed by atoms with E-state index in [0.717, 1.165) is 48.2 Å². The highest BCUT2D eigenvalue weighted by molar-refractivity contribution is 5.55. The summed E-state index contributed by atoms with van der Waals surface area (Å²) < 4.78 is 0. The molecule has 0 radical (unpaired) electrons. The topological polar surface area (TPSA) is 66.8 Å². The number of hydrogen-bond acceptors (Lipinski definition) is 6. The van der Waals surface area contributed by atoms with E-state index in [1.54, 1.807) is 6.20 Å². The van der Waals surface area contributed by atoms with Gasteiger partial charge in [-0.05, 0) is 56.5 Å². The van der Waals surface area contributed by atoms with Gasteiger partial charge in [-0.15, -0.1) is 0 Å². The van der Waals surface area contributed by atoms with E-state index in [9.17, 15) is 0 Å². The lowest BCUT2D eigenvalue weighted by atomic mass is 10.1. The lowest BCUT2D eigenvalue weighted by Gasteiger charge is -2.24. The third-order valence-corrected chi connectivity index (χ3v) is 4.93. The third-order valence-electron chi connectivity index (χ3n) is 4.93. The second kappa shape index (κ2) is 7.80. The molecule has 0 unspecified atom stereocenters. The Morgan fingerprint density at radius 2 is 2.04 bits per heavy atom. The van der Waals surface area contributed by atoms with Crippen molar-refractivity contribution in [3.63, 3.8) is 0 Å². The largest absolute Gasteiger partial charge is 0.325 e. The number of nitrogens with one attached hydrogen (secondary N) is 1. The van der Waals surface area contributed by atoms with E-state index >= 15 is 0 Å². The van der Waals surface area contributed by atoms with Crippen molar-refractivity contribution in [2.24, 2.45) is 0 Å². The second-order valence-corrected chi connectivity index (χ2v) is 7.01. The summed E-state index contributed by atoms with van der Waals surface area (Å²) in [5, 5.41) is 3.35. The molecule has 1 saturated heterocycles. The first kappa shape index (κ1) is 17.5. The van der Waals surface area contributed by atoms with E-state index < -0.39 is 0 Å². The molecule has 1 aliphatic rings. The summed E-state index contributed by atoms with van der Waals surface area (Å²) in [4.78, 5) is 20.4. The van der Waals surface area contributed by atoms with Gasteiger partial charge in [-0.1, -0.05) is 12.1 Å². The quantitative estimate of drug-likeness (QED) is 0.743. The molecule has 1 aliphatic heterocycles. The fraction of sp³-hybridized carbons (Fsp3) is 0.333. The van der Waals surface area contributed by atoms with Crippen LogP contribution in [0.4, 0.5) is 11.6 Å². The van der Waals surface area contributed by atoms with E-state index in [1.807, 2.05) is 44.4 Å². The second-order valence-electron chi connectivity index (χ2n) is 7.01. The molecule has 27 heavy (non-hydrogen) atoms. The molecule has 6 nitrogen and oxygen atoms in total. The molecule has 1 N–H and O–H groups in total. The van der Waals surface area contributed by atoms with E-state index in [4.69, 9.17) is 4.98 Å². The van der Waals surface area contributed by atoms with Crippen molar-refractivity contribution in [1.82, 2.24) is 24.8 Å². The van der Waals surface area contributed by atoms with Crippen LogP contribution >= 0.6 is 0 Å². The summed E-state index contributed by atoms with van der Waals surface area (Å²) in [6.45, 7) is 5.95. The van der Waals surface area contributed by atoms with Gasteiger partial charge >= 0.3 is 0 Å². The van der Waals surface area contributed by atoms with Gasteiger partial charge in [0.05, 0.1) is 11.7 Å². The molecule has 1 atom stereocenters. The van der Waals surface area contributed by atoms with Crippen LogP contribution in [0.2, 0.25) is 0 Å². The number of anilines is 2. The van der Waals surface area contributed by atoms with Crippen molar-refractivity contribution >= 4 is 11.6 Å². The summed E-state index contributed by atoms with van der Waals surface area (Å²) in [7, 11) is 0. The minimum absolute atomic E-state index is 0.303. The molecule has 0 bridgehead atoms. The third kappa shape index (κ3) is 4.11. The molecular formula is C21H24N6. The van der Waals surface area contributed by atoms with Crippen molar-refractivity contribution in [1.29, 1.82) is 0 Å². The highest BCUT2D eigenvalue weighted by atomic mass is 15.2. The van der Waals surface area contributed by atoms with E-state index in [2.05, 4.69) is 37.3 Å². The van der Waals surface area contributed by atoms with Crippen LogP contribution in [0.5, 0.6) is 0 Å². The summed E-state index contributed by atoms with van der Waals surface area (Å²) >= 11 is 0. The molecule has 1 fully saturated rings. The van der Waals surface area contributed by atoms with Crippen LogP contribution in [-0.2, 0) is 6.54 Å². The number of aryl methyl sites for hydroxylation is 2. The summed E-state index contributed by atoms with van der Waals surface area (Å²) in [6.07, 6.45) is 7.83. The monoisotopic (exact) mass is 360 g/mol. The Balaban J connectivity index is 1.57. The molecular weight excluding hydrogens is 336 g/mol. The maximum atomic E-state index is 4.74. The minimum atomic E-state index is 0.303.